The summed E-state index contributed by atoms with van der Waals surface area (Å²) in [4.78, 5) is 6.49. The molecule has 3 nitrogen and oxygen atoms in total. The van der Waals surface area contributed by atoms with Gasteiger partial charge in [0.15, 0.2) is 5.82 Å². The Labute approximate surface area is 128 Å². The third-order valence-corrected chi connectivity index (χ3v) is 4.22. The van der Waals surface area contributed by atoms with Crippen molar-refractivity contribution in [3.8, 4) is 0 Å². The van der Waals surface area contributed by atoms with Crippen molar-refractivity contribution < 1.29 is 0 Å². The monoisotopic (exact) mass is 331 g/mol. The van der Waals surface area contributed by atoms with Crippen LogP contribution >= 0.6 is 15.9 Å². The molecule has 0 saturated heterocycles. The average Bonchev–Trinajstić information content (AvgIpc) is 2.81. The molecule has 0 amide bonds. The molecule has 4 heteroatoms. The second kappa shape index (κ2) is 5.44. The highest BCUT2D eigenvalue weighted by molar-refractivity contribution is 9.10. The lowest BCUT2D eigenvalue weighted by molar-refractivity contribution is 0.761. The Morgan fingerprint density at radius 3 is 2.95 bits per heavy atom. The number of nitrogens with zero attached hydrogens (tertiary/aromatic N) is 2. The number of nitrogens with one attached hydrogen (secondary N) is 1. The molecule has 1 atom stereocenters. The van der Waals surface area contributed by atoms with Crippen molar-refractivity contribution in [2.45, 2.75) is 18.9 Å². The van der Waals surface area contributed by atoms with Crippen LogP contribution in [0.5, 0.6) is 0 Å². The van der Waals surface area contributed by atoms with Gasteiger partial charge >= 0.3 is 0 Å². The van der Waals surface area contributed by atoms with Gasteiger partial charge in [-0.1, -0.05) is 22.0 Å². The second-order valence-corrected chi connectivity index (χ2v) is 6.26. The Morgan fingerprint density at radius 1 is 1.30 bits per heavy atom. The number of halogens is 1. The molecule has 0 aliphatic heterocycles. The summed E-state index contributed by atoms with van der Waals surface area (Å²) in [6, 6.07) is 11.0. The zero-order chi connectivity index (χ0) is 14.1. The number of aromatic nitrogens is 1. The Hall–Kier alpha value is -1.55. The van der Waals surface area contributed by atoms with Gasteiger partial charge in [-0.3, -0.25) is 0 Å². The highest BCUT2D eigenvalue weighted by Crippen LogP contribution is 2.36. The van der Waals surface area contributed by atoms with Gasteiger partial charge in [0, 0.05) is 24.8 Å². The molecular weight excluding hydrogens is 314 g/mol. The normalized spacial score (nSPS) is 16.9. The topological polar surface area (TPSA) is 28.2 Å². The maximum atomic E-state index is 4.45. The van der Waals surface area contributed by atoms with Crippen LogP contribution in [0.2, 0.25) is 0 Å². The first kappa shape index (κ1) is 13.4. The number of fused-ring (bicyclic) bond motifs is 1. The lowest BCUT2D eigenvalue weighted by Crippen LogP contribution is -2.15. The Balaban J connectivity index is 1.88. The third-order valence-electron chi connectivity index (χ3n) is 3.72. The quantitative estimate of drug-likeness (QED) is 0.920. The van der Waals surface area contributed by atoms with Crippen LogP contribution in [-0.4, -0.2) is 19.1 Å². The lowest BCUT2D eigenvalue weighted by Gasteiger charge is -2.21. The molecule has 20 heavy (non-hydrogen) atoms. The number of hydrogen-bond acceptors (Lipinski definition) is 3. The van der Waals surface area contributed by atoms with Gasteiger partial charge in [-0.05, 0) is 48.2 Å². The molecule has 3 rings (SSSR count). The fourth-order valence-corrected chi connectivity index (χ4v) is 3.20. The fraction of sp³-hybridized carbons (Fsp3) is 0.312. The van der Waals surface area contributed by atoms with Crippen LogP contribution in [0.15, 0.2) is 41.0 Å². The first-order valence-corrected chi connectivity index (χ1v) is 7.61. The summed E-state index contributed by atoms with van der Waals surface area (Å²) < 4.78 is 1.16. The van der Waals surface area contributed by atoms with Gasteiger partial charge in [0.25, 0.3) is 0 Å². The second-order valence-electron chi connectivity index (χ2n) is 5.35. The van der Waals surface area contributed by atoms with Crippen molar-refractivity contribution in [1.82, 2.24) is 4.98 Å². The van der Waals surface area contributed by atoms with Gasteiger partial charge < -0.3 is 10.2 Å². The van der Waals surface area contributed by atoms with E-state index in [9.17, 15) is 0 Å². The molecule has 104 valence electrons. The summed E-state index contributed by atoms with van der Waals surface area (Å²) in [6.45, 7) is 0. The molecule has 1 aromatic heterocycles. The highest BCUT2D eigenvalue weighted by Gasteiger charge is 2.23. The van der Waals surface area contributed by atoms with Gasteiger partial charge in [-0.15, -0.1) is 0 Å². The van der Waals surface area contributed by atoms with Crippen LogP contribution < -0.4 is 10.2 Å². The molecule has 2 aromatic rings. The summed E-state index contributed by atoms with van der Waals surface area (Å²) in [5, 5.41) is 3.65. The molecular formula is C16H18BrN3. The Kier molecular flexibility index (Phi) is 3.66. The zero-order valence-corrected chi connectivity index (χ0v) is 13.3. The molecule has 1 unspecified atom stereocenters. The molecule has 1 aromatic carbocycles. The van der Waals surface area contributed by atoms with Gasteiger partial charge in [0.05, 0.1) is 11.7 Å². The van der Waals surface area contributed by atoms with Crippen LogP contribution in [-0.2, 0) is 6.42 Å². The molecule has 1 aliphatic rings. The number of pyridine rings is 1. The smallest absolute Gasteiger partial charge is 0.151 e. The maximum Gasteiger partial charge on any atom is 0.151 e. The van der Waals surface area contributed by atoms with Crippen molar-refractivity contribution in [3.63, 3.8) is 0 Å². The minimum atomic E-state index is 0.376. The number of anilines is 2. The molecule has 0 radical (unpaired) electrons. The van der Waals surface area contributed by atoms with Crippen LogP contribution in [0.1, 0.15) is 23.6 Å². The summed E-state index contributed by atoms with van der Waals surface area (Å²) in [5.41, 5.74) is 3.94. The van der Waals surface area contributed by atoms with E-state index in [1.165, 1.54) is 11.1 Å². The van der Waals surface area contributed by atoms with Gasteiger partial charge in [-0.2, -0.15) is 0 Å². The van der Waals surface area contributed by atoms with E-state index >= 15 is 0 Å². The van der Waals surface area contributed by atoms with E-state index < -0.39 is 0 Å². The van der Waals surface area contributed by atoms with Gasteiger partial charge in [0.1, 0.15) is 0 Å². The van der Waals surface area contributed by atoms with E-state index in [0.717, 1.165) is 28.8 Å². The predicted molar refractivity (Wildman–Crippen MR) is 87.4 cm³/mol. The Bertz CT molecular complexity index is 625. The van der Waals surface area contributed by atoms with Gasteiger partial charge in [-0.25, -0.2) is 4.98 Å². The van der Waals surface area contributed by atoms with E-state index in [1.54, 1.807) is 0 Å². The van der Waals surface area contributed by atoms with Crippen LogP contribution in [0.3, 0.4) is 0 Å². The molecule has 1 N–H and O–H groups in total. The van der Waals surface area contributed by atoms with Gasteiger partial charge in [0.2, 0.25) is 0 Å². The number of hydrogen-bond donors (Lipinski definition) is 1. The minimum Gasteiger partial charge on any atom is -0.375 e. The van der Waals surface area contributed by atoms with Crippen molar-refractivity contribution in [2.75, 3.05) is 24.3 Å². The first-order chi connectivity index (χ1) is 9.65. The summed E-state index contributed by atoms with van der Waals surface area (Å²) in [7, 11) is 4.04. The van der Waals surface area contributed by atoms with E-state index in [1.807, 2.05) is 31.3 Å². The molecule has 0 spiro atoms. The number of rotatable bonds is 3. The molecule has 0 saturated carbocycles. The first-order valence-electron chi connectivity index (χ1n) is 6.82. The van der Waals surface area contributed by atoms with E-state index in [2.05, 4.69) is 50.5 Å². The van der Waals surface area contributed by atoms with Crippen molar-refractivity contribution in [2.24, 2.45) is 0 Å². The summed E-state index contributed by atoms with van der Waals surface area (Å²) in [6.07, 6.45) is 4.10. The standard InChI is InChI=1S/C16H18BrN3/c1-20(2)16-15(4-3-9-18-16)19-14-8-5-11-10-12(17)6-7-13(11)14/h3-4,6-7,9-10,14,19H,5,8H2,1-2H3. The predicted octanol–water partition coefficient (Wildman–Crippen LogP) is 4.01. The van der Waals surface area contributed by atoms with Crippen molar-refractivity contribution in [3.05, 3.63) is 52.1 Å². The Morgan fingerprint density at radius 2 is 2.15 bits per heavy atom. The summed E-state index contributed by atoms with van der Waals surface area (Å²) in [5.74, 6) is 0.984. The molecule has 1 heterocycles. The number of benzene rings is 1. The highest BCUT2D eigenvalue weighted by atomic mass is 79.9. The van der Waals surface area contributed by atoms with Crippen LogP contribution in [0.25, 0.3) is 0 Å². The minimum absolute atomic E-state index is 0.376. The van der Waals surface area contributed by atoms with Crippen LogP contribution in [0.4, 0.5) is 11.5 Å². The molecule has 0 fully saturated rings. The maximum absolute atomic E-state index is 4.45. The third kappa shape index (κ3) is 2.52. The SMILES string of the molecule is CN(C)c1ncccc1NC1CCc2cc(Br)ccc21. The largest absolute Gasteiger partial charge is 0.375 e. The fourth-order valence-electron chi connectivity index (χ4n) is 2.79. The van der Waals surface area contributed by atoms with Crippen molar-refractivity contribution >= 4 is 27.4 Å². The van der Waals surface area contributed by atoms with E-state index in [-0.39, 0.29) is 0 Å². The lowest BCUT2D eigenvalue weighted by atomic mass is 10.1. The zero-order valence-electron chi connectivity index (χ0n) is 11.7. The van der Waals surface area contributed by atoms with Crippen molar-refractivity contribution in [1.29, 1.82) is 0 Å². The average molecular weight is 332 g/mol. The summed E-state index contributed by atoms with van der Waals surface area (Å²) >= 11 is 3.55. The molecule has 0 bridgehead atoms. The van der Waals surface area contributed by atoms with E-state index in [4.69, 9.17) is 0 Å². The molecule has 1 aliphatic carbocycles. The van der Waals surface area contributed by atoms with Crippen LogP contribution in [0, 0.1) is 0 Å². The van der Waals surface area contributed by atoms with E-state index in [0.29, 0.717) is 6.04 Å². The number of aryl methyl sites for hydroxylation is 1.